The van der Waals surface area contributed by atoms with Crippen molar-refractivity contribution < 1.29 is 23.1 Å². The van der Waals surface area contributed by atoms with E-state index in [4.69, 9.17) is 4.74 Å². The van der Waals surface area contributed by atoms with Crippen LogP contribution in [-0.2, 0) is 15.6 Å². The van der Waals surface area contributed by atoms with E-state index in [2.05, 4.69) is 15.5 Å². The number of anilines is 1. The highest BCUT2D eigenvalue weighted by Gasteiger charge is 2.20. The number of azo groups is 1. The summed E-state index contributed by atoms with van der Waals surface area (Å²) in [5.41, 5.74) is 1.54. The Morgan fingerprint density at radius 2 is 1.54 bits per heavy atom. The van der Waals surface area contributed by atoms with Crippen molar-refractivity contribution in [1.29, 1.82) is 0 Å². The van der Waals surface area contributed by atoms with Crippen LogP contribution in [0.3, 0.4) is 0 Å². The predicted molar refractivity (Wildman–Crippen MR) is 159 cm³/mol. The largest absolute Gasteiger partial charge is 0.505 e. The molecule has 0 fully saturated rings. The standard InChI is InChI=1S/C32H27N3O5S/c1-2-40-26-18-25(19-27(20-26)41(38,39)21-22-11-5-3-6-12-22)34-35-30-28-16-10-9-13-23(28)17-29(31(30)36)32(37)33-24-14-7-4-8-15-24/h3-20,36H,2,21H2,1H3,(H,33,37). The number of hydrogen-bond acceptors (Lipinski definition) is 7. The van der Waals surface area contributed by atoms with Crippen LogP contribution >= 0.6 is 0 Å². The van der Waals surface area contributed by atoms with Crippen LogP contribution in [0.1, 0.15) is 22.8 Å². The van der Waals surface area contributed by atoms with Crippen molar-refractivity contribution in [3.05, 3.63) is 120 Å². The van der Waals surface area contributed by atoms with Gasteiger partial charge >= 0.3 is 0 Å². The number of hydrogen-bond donors (Lipinski definition) is 2. The van der Waals surface area contributed by atoms with Gasteiger partial charge in [-0.1, -0.05) is 72.8 Å². The number of phenols is 1. The maximum absolute atomic E-state index is 13.3. The number of para-hydroxylation sites is 1. The topological polar surface area (TPSA) is 117 Å². The van der Waals surface area contributed by atoms with Crippen molar-refractivity contribution in [1.82, 2.24) is 0 Å². The van der Waals surface area contributed by atoms with Gasteiger partial charge in [0.25, 0.3) is 5.91 Å². The van der Waals surface area contributed by atoms with Crippen molar-refractivity contribution in [2.24, 2.45) is 10.2 Å². The highest BCUT2D eigenvalue weighted by molar-refractivity contribution is 7.90. The Morgan fingerprint density at radius 1 is 0.854 bits per heavy atom. The van der Waals surface area contributed by atoms with Crippen LogP contribution in [0.2, 0.25) is 0 Å². The van der Waals surface area contributed by atoms with E-state index in [1.807, 2.05) is 18.2 Å². The molecule has 0 saturated heterocycles. The molecule has 8 nitrogen and oxygen atoms in total. The molecular weight excluding hydrogens is 538 g/mol. The Hall–Kier alpha value is -5.02. The lowest BCUT2D eigenvalue weighted by atomic mass is 10.0. The van der Waals surface area contributed by atoms with Gasteiger partial charge in [0.2, 0.25) is 0 Å². The second-order valence-electron chi connectivity index (χ2n) is 9.20. The number of nitrogens with zero attached hydrogens (tertiary/aromatic N) is 2. The minimum Gasteiger partial charge on any atom is -0.505 e. The third kappa shape index (κ3) is 6.42. The third-order valence-corrected chi connectivity index (χ3v) is 7.94. The maximum atomic E-state index is 13.3. The van der Waals surface area contributed by atoms with Gasteiger partial charge in [-0.2, -0.15) is 5.11 Å². The molecule has 206 valence electrons. The Balaban J connectivity index is 1.55. The van der Waals surface area contributed by atoms with E-state index >= 15 is 0 Å². The fourth-order valence-electron chi connectivity index (χ4n) is 4.34. The minimum atomic E-state index is -3.73. The second-order valence-corrected chi connectivity index (χ2v) is 11.2. The molecule has 0 spiro atoms. The van der Waals surface area contributed by atoms with Crippen LogP contribution in [0.5, 0.6) is 11.5 Å². The average molecular weight is 566 g/mol. The van der Waals surface area contributed by atoms with Gasteiger partial charge in [-0.25, -0.2) is 8.42 Å². The number of aromatic hydroxyl groups is 1. The molecule has 0 unspecified atom stereocenters. The molecule has 0 atom stereocenters. The summed E-state index contributed by atoms with van der Waals surface area (Å²) in [7, 11) is -3.73. The Kier molecular flexibility index (Phi) is 8.07. The lowest BCUT2D eigenvalue weighted by Gasteiger charge is -2.11. The number of fused-ring (bicyclic) bond motifs is 1. The van der Waals surface area contributed by atoms with Gasteiger partial charge in [-0.05, 0) is 48.2 Å². The molecule has 0 aromatic heterocycles. The zero-order valence-corrected chi connectivity index (χ0v) is 23.0. The van der Waals surface area contributed by atoms with Crippen molar-refractivity contribution in [3.63, 3.8) is 0 Å². The van der Waals surface area contributed by atoms with Crippen LogP contribution < -0.4 is 10.1 Å². The first kappa shape index (κ1) is 27.5. The first-order valence-corrected chi connectivity index (χ1v) is 14.6. The molecule has 1 amide bonds. The van der Waals surface area contributed by atoms with Gasteiger partial charge in [0.15, 0.2) is 15.6 Å². The van der Waals surface area contributed by atoms with E-state index in [9.17, 15) is 18.3 Å². The van der Waals surface area contributed by atoms with Gasteiger partial charge in [-0.15, -0.1) is 5.11 Å². The zero-order chi connectivity index (χ0) is 28.8. The quantitative estimate of drug-likeness (QED) is 0.179. The molecule has 0 aliphatic heterocycles. The summed E-state index contributed by atoms with van der Waals surface area (Å²) in [6, 6.07) is 31.0. The number of amides is 1. The molecule has 0 heterocycles. The maximum Gasteiger partial charge on any atom is 0.259 e. The van der Waals surface area contributed by atoms with Crippen molar-refractivity contribution in [2.75, 3.05) is 11.9 Å². The van der Waals surface area contributed by atoms with Crippen LogP contribution in [0.4, 0.5) is 17.1 Å². The van der Waals surface area contributed by atoms with E-state index in [-0.39, 0.29) is 33.3 Å². The molecule has 0 radical (unpaired) electrons. The summed E-state index contributed by atoms with van der Waals surface area (Å²) in [5, 5.41) is 23.8. The molecule has 0 saturated carbocycles. The number of carbonyl (C=O) groups is 1. The molecular formula is C32H27N3O5S. The van der Waals surface area contributed by atoms with Gasteiger partial charge in [0.1, 0.15) is 11.4 Å². The number of carbonyl (C=O) groups excluding carboxylic acids is 1. The van der Waals surface area contributed by atoms with Gasteiger partial charge in [0.05, 0.1) is 28.5 Å². The SMILES string of the molecule is CCOc1cc(N=Nc2c(O)c(C(=O)Nc3ccccc3)cc3ccccc23)cc(S(=O)(=O)Cc2ccccc2)c1. The first-order chi connectivity index (χ1) is 19.8. The summed E-state index contributed by atoms with van der Waals surface area (Å²) in [6.07, 6.45) is 0. The zero-order valence-electron chi connectivity index (χ0n) is 22.2. The van der Waals surface area contributed by atoms with Crippen LogP contribution in [0, 0.1) is 0 Å². The van der Waals surface area contributed by atoms with Crippen molar-refractivity contribution in [3.8, 4) is 11.5 Å². The molecule has 0 aliphatic rings. The molecule has 0 bridgehead atoms. The smallest absolute Gasteiger partial charge is 0.259 e. The molecule has 9 heteroatoms. The Bertz CT molecular complexity index is 1840. The number of nitrogens with one attached hydrogen (secondary N) is 1. The van der Waals surface area contributed by atoms with E-state index in [1.165, 1.54) is 12.1 Å². The van der Waals surface area contributed by atoms with Crippen molar-refractivity contribution in [2.45, 2.75) is 17.6 Å². The fraction of sp³-hybridized carbons (Fsp3) is 0.0938. The number of benzene rings is 5. The summed E-state index contributed by atoms with van der Waals surface area (Å²) >= 11 is 0. The molecule has 41 heavy (non-hydrogen) atoms. The third-order valence-electron chi connectivity index (χ3n) is 6.27. The van der Waals surface area contributed by atoms with Crippen molar-refractivity contribution >= 4 is 43.6 Å². The number of ether oxygens (including phenoxy) is 1. The Morgan fingerprint density at radius 3 is 2.27 bits per heavy atom. The highest BCUT2D eigenvalue weighted by atomic mass is 32.2. The van der Waals surface area contributed by atoms with Gasteiger partial charge in [-0.3, -0.25) is 4.79 Å². The molecule has 5 aromatic carbocycles. The molecule has 5 rings (SSSR count). The predicted octanol–water partition coefficient (Wildman–Crippen LogP) is 7.59. The average Bonchev–Trinajstić information content (AvgIpc) is 2.97. The van der Waals surface area contributed by atoms with Crippen LogP contribution in [0.15, 0.2) is 124 Å². The molecule has 0 aliphatic carbocycles. The first-order valence-electron chi connectivity index (χ1n) is 12.9. The number of rotatable bonds is 9. The minimum absolute atomic E-state index is 0.0238. The normalized spacial score (nSPS) is 11.5. The molecule has 5 aromatic rings. The van der Waals surface area contributed by atoms with Gasteiger partial charge < -0.3 is 15.2 Å². The van der Waals surface area contributed by atoms with E-state index in [0.29, 0.717) is 34.4 Å². The Labute approximate surface area is 237 Å². The summed E-state index contributed by atoms with van der Waals surface area (Å²) in [5.74, 6) is -0.729. The summed E-state index contributed by atoms with van der Waals surface area (Å²) in [4.78, 5) is 13.1. The lowest BCUT2D eigenvalue weighted by molar-refractivity contribution is 0.102. The van der Waals surface area contributed by atoms with E-state index < -0.39 is 15.7 Å². The fourth-order valence-corrected chi connectivity index (χ4v) is 5.73. The summed E-state index contributed by atoms with van der Waals surface area (Å²) in [6.45, 7) is 2.12. The number of sulfone groups is 1. The monoisotopic (exact) mass is 565 g/mol. The number of phenolic OH excluding ortho intramolecular Hbond substituents is 1. The second kappa shape index (κ2) is 12.0. The summed E-state index contributed by atoms with van der Waals surface area (Å²) < 4.78 is 32.2. The highest BCUT2D eigenvalue weighted by Crippen LogP contribution is 2.40. The van der Waals surface area contributed by atoms with E-state index in [0.717, 1.165) is 0 Å². The van der Waals surface area contributed by atoms with Crippen LogP contribution in [0.25, 0.3) is 10.8 Å². The van der Waals surface area contributed by atoms with Gasteiger partial charge in [0, 0.05) is 17.1 Å². The van der Waals surface area contributed by atoms with Crippen LogP contribution in [-0.4, -0.2) is 26.0 Å². The van der Waals surface area contributed by atoms with E-state index in [1.54, 1.807) is 85.8 Å². The lowest BCUT2D eigenvalue weighted by Crippen LogP contribution is -2.12. The molecule has 2 N–H and O–H groups in total.